The summed E-state index contributed by atoms with van der Waals surface area (Å²) in [6, 6.07) is 9.14. The molecule has 5 heteroatoms. The summed E-state index contributed by atoms with van der Waals surface area (Å²) in [6.07, 6.45) is 0. The quantitative estimate of drug-likeness (QED) is 0.436. The van der Waals surface area contributed by atoms with Gasteiger partial charge in [-0.15, -0.1) is 0 Å². The third-order valence-electron chi connectivity index (χ3n) is 2.44. The van der Waals surface area contributed by atoms with Gasteiger partial charge in [0.15, 0.2) is 0 Å². The minimum absolute atomic E-state index is 0.00588. The maximum atomic E-state index is 11.8. The Kier molecular flexibility index (Phi) is 2.21. The van der Waals surface area contributed by atoms with Gasteiger partial charge in [0, 0.05) is 5.56 Å². The number of nitrogens with zero attached hydrogens (tertiary/aromatic N) is 1. The van der Waals surface area contributed by atoms with E-state index in [1.165, 1.54) is 0 Å². The Morgan fingerprint density at radius 2 is 2.00 bits per heavy atom. The van der Waals surface area contributed by atoms with Crippen molar-refractivity contribution in [2.45, 2.75) is 12.5 Å². The van der Waals surface area contributed by atoms with E-state index in [-0.39, 0.29) is 11.1 Å². The number of carbonyl (C=O) groups excluding carboxylic acids is 1. The number of nitrogens with two attached hydrogens (primary N) is 1. The topological polar surface area (TPSA) is 55.6 Å². The summed E-state index contributed by atoms with van der Waals surface area (Å²) in [4.78, 5) is 11.8. The van der Waals surface area contributed by atoms with Crippen molar-refractivity contribution in [1.82, 2.24) is 5.01 Å². The summed E-state index contributed by atoms with van der Waals surface area (Å²) in [7, 11) is 0. The van der Waals surface area contributed by atoms with Gasteiger partial charge in [-0.25, -0.2) is 10.9 Å². The average molecular weight is 222 g/mol. The predicted molar refractivity (Wildman–Crippen MR) is 58.5 cm³/mol. The lowest BCUT2D eigenvalue weighted by atomic mass is 9.95. The normalized spacial score (nSPS) is 25.6. The van der Waals surface area contributed by atoms with Crippen LogP contribution in [0.25, 0.3) is 0 Å². The molecule has 1 unspecified atom stereocenters. The molecule has 2 N–H and O–H groups in total. The molecular weight excluding hydrogens is 212 g/mol. The highest BCUT2D eigenvalue weighted by Gasteiger charge is 2.48. The molecule has 15 heavy (non-hydrogen) atoms. The van der Waals surface area contributed by atoms with Crippen LogP contribution in [-0.4, -0.2) is 16.1 Å². The Morgan fingerprint density at radius 3 is 2.47 bits per heavy atom. The average Bonchev–Trinajstić information content (AvgIpc) is 2.45. The smallest absolute Gasteiger partial charge is 0.293 e. The highest BCUT2D eigenvalue weighted by Crippen LogP contribution is 2.32. The largest absolute Gasteiger partial charge is 0.448 e. The lowest BCUT2D eigenvalue weighted by Gasteiger charge is -2.19. The van der Waals surface area contributed by atoms with Gasteiger partial charge in [-0.1, -0.05) is 30.3 Å². The van der Waals surface area contributed by atoms with Crippen LogP contribution in [0, 0.1) is 0 Å². The second-order valence-corrected chi connectivity index (χ2v) is 3.79. The molecule has 1 aliphatic rings. The number of amides is 1. The number of carbonyl (C=O) groups is 1. The molecule has 1 aromatic carbocycles. The molecule has 1 heterocycles. The van der Waals surface area contributed by atoms with Crippen molar-refractivity contribution in [2.75, 3.05) is 0 Å². The lowest BCUT2D eigenvalue weighted by Crippen LogP contribution is -2.40. The van der Waals surface area contributed by atoms with Gasteiger partial charge < -0.3 is 4.74 Å². The summed E-state index contributed by atoms with van der Waals surface area (Å²) in [6.45, 7) is 1.66. The molecule has 4 nitrogen and oxygen atoms in total. The van der Waals surface area contributed by atoms with E-state index in [9.17, 15) is 4.79 Å². The van der Waals surface area contributed by atoms with Crippen LogP contribution in [0.5, 0.6) is 0 Å². The van der Waals surface area contributed by atoms with Gasteiger partial charge in [-0.3, -0.25) is 4.79 Å². The van der Waals surface area contributed by atoms with Gasteiger partial charge >= 0.3 is 0 Å². The summed E-state index contributed by atoms with van der Waals surface area (Å²) < 4.78 is 5.34. The van der Waals surface area contributed by atoms with Gasteiger partial charge in [0.1, 0.15) is 0 Å². The SMILES string of the molecule is CC1(c2ccccc2)OC(=S)N(N)C1=O. The van der Waals surface area contributed by atoms with E-state index in [0.717, 1.165) is 10.6 Å². The molecule has 0 saturated carbocycles. The number of rotatable bonds is 1. The zero-order valence-corrected chi connectivity index (χ0v) is 8.95. The van der Waals surface area contributed by atoms with Crippen molar-refractivity contribution in [1.29, 1.82) is 0 Å². The van der Waals surface area contributed by atoms with Crippen molar-refractivity contribution in [3.63, 3.8) is 0 Å². The van der Waals surface area contributed by atoms with E-state index in [1.807, 2.05) is 18.2 Å². The molecule has 0 aromatic heterocycles. The van der Waals surface area contributed by atoms with E-state index >= 15 is 0 Å². The third-order valence-corrected chi connectivity index (χ3v) is 2.72. The van der Waals surface area contributed by atoms with E-state index in [2.05, 4.69) is 0 Å². The maximum Gasteiger partial charge on any atom is 0.293 e. The first-order valence-electron chi connectivity index (χ1n) is 4.43. The molecule has 1 aromatic rings. The summed E-state index contributed by atoms with van der Waals surface area (Å²) in [5.41, 5.74) is -0.349. The zero-order chi connectivity index (χ0) is 11.1. The molecular formula is C10H10N2O2S. The fraction of sp³-hybridized carbons (Fsp3) is 0.200. The minimum Gasteiger partial charge on any atom is -0.448 e. The standard InChI is InChI=1S/C10H10N2O2S/c1-10(7-5-3-2-4-6-7)8(13)12(11)9(15)14-10/h2-6H,11H2,1H3. The van der Waals surface area contributed by atoms with Crippen LogP contribution in [0.1, 0.15) is 12.5 Å². The van der Waals surface area contributed by atoms with Gasteiger partial charge in [0.05, 0.1) is 0 Å². The van der Waals surface area contributed by atoms with Crippen LogP contribution in [0.4, 0.5) is 0 Å². The molecule has 1 fully saturated rings. The van der Waals surface area contributed by atoms with E-state index < -0.39 is 5.60 Å². The van der Waals surface area contributed by atoms with Crippen LogP contribution in [-0.2, 0) is 15.1 Å². The van der Waals surface area contributed by atoms with Crippen LogP contribution < -0.4 is 5.84 Å². The molecule has 0 radical (unpaired) electrons. The van der Waals surface area contributed by atoms with Crippen molar-refractivity contribution in [3.8, 4) is 0 Å². The fourth-order valence-corrected chi connectivity index (χ4v) is 1.77. The molecule has 0 spiro atoms. The van der Waals surface area contributed by atoms with Crippen molar-refractivity contribution in [3.05, 3.63) is 35.9 Å². The van der Waals surface area contributed by atoms with Crippen LogP contribution in [0.3, 0.4) is 0 Å². The Hall–Kier alpha value is -1.46. The van der Waals surface area contributed by atoms with E-state index in [1.54, 1.807) is 19.1 Å². The highest BCUT2D eigenvalue weighted by atomic mass is 32.1. The monoisotopic (exact) mass is 222 g/mol. The summed E-state index contributed by atoms with van der Waals surface area (Å²) in [5, 5.41) is 0.869. The van der Waals surface area contributed by atoms with Crippen LogP contribution in [0.2, 0.25) is 0 Å². The Balaban J connectivity index is 2.45. The lowest BCUT2D eigenvalue weighted by molar-refractivity contribution is -0.136. The van der Waals surface area contributed by atoms with Crippen LogP contribution in [0.15, 0.2) is 30.3 Å². The number of hydrogen-bond donors (Lipinski definition) is 1. The van der Waals surface area contributed by atoms with E-state index in [4.69, 9.17) is 22.8 Å². The first-order valence-corrected chi connectivity index (χ1v) is 4.84. The Labute approximate surface area is 92.6 Å². The molecule has 78 valence electrons. The van der Waals surface area contributed by atoms with Gasteiger partial charge in [-0.2, -0.15) is 0 Å². The van der Waals surface area contributed by atoms with Crippen molar-refractivity contribution in [2.24, 2.45) is 5.84 Å². The minimum atomic E-state index is -1.09. The van der Waals surface area contributed by atoms with Crippen molar-refractivity contribution >= 4 is 23.3 Å². The Bertz CT molecular complexity index is 421. The fourth-order valence-electron chi connectivity index (χ4n) is 1.52. The number of thiocarbonyl (C=S) groups is 1. The molecule has 2 rings (SSSR count). The van der Waals surface area contributed by atoms with E-state index in [0.29, 0.717) is 0 Å². The second kappa shape index (κ2) is 3.29. The molecule has 0 bridgehead atoms. The number of ether oxygens (including phenoxy) is 1. The zero-order valence-electron chi connectivity index (χ0n) is 8.14. The summed E-state index contributed by atoms with van der Waals surface area (Å²) in [5.74, 6) is 5.10. The molecule has 1 atom stereocenters. The predicted octanol–water partition coefficient (Wildman–Crippen LogP) is 0.919. The maximum absolute atomic E-state index is 11.8. The molecule has 0 aliphatic carbocycles. The summed E-state index contributed by atoms with van der Waals surface area (Å²) >= 11 is 4.83. The van der Waals surface area contributed by atoms with Crippen molar-refractivity contribution < 1.29 is 9.53 Å². The molecule has 1 saturated heterocycles. The first kappa shape index (κ1) is 10.1. The van der Waals surface area contributed by atoms with Crippen LogP contribution >= 0.6 is 12.2 Å². The number of benzene rings is 1. The molecule has 1 amide bonds. The van der Waals surface area contributed by atoms with Gasteiger partial charge in [0.25, 0.3) is 11.1 Å². The molecule has 1 aliphatic heterocycles. The Morgan fingerprint density at radius 1 is 1.40 bits per heavy atom. The first-order chi connectivity index (χ1) is 7.05. The number of hydrazine groups is 1. The van der Waals surface area contributed by atoms with Gasteiger partial charge in [0.2, 0.25) is 5.60 Å². The highest BCUT2D eigenvalue weighted by molar-refractivity contribution is 7.80. The third kappa shape index (κ3) is 1.40. The second-order valence-electron chi connectivity index (χ2n) is 3.44. The number of hydrogen-bond acceptors (Lipinski definition) is 4. The van der Waals surface area contributed by atoms with Gasteiger partial charge in [-0.05, 0) is 19.1 Å².